The number of halogens is 2. The molecule has 1 aromatic rings. The molecule has 19 heteroatoms. The Labute approximate surface area is 494 Å². The van der Waals surface area contributed by atoms with Gasteiger partial charge in [0.15, 0.2) is 42.4 Å². The van der Waals surface area contributed by atoms with Crippen LogP contribution < -0.4 is 5.32 Å². The summed E-state index contributed by atoms with van der Waals surface area (Å²) in [7, 11) is -8.24. The third-order valence-electron chi connectivity index (χ3n) is 19.8. The highest BCUT2D eigenvalue weighted by Gasteiger charge is 2.79. The second kappa shape index (κ2) is 27.3. The lowest BCUT2D eigenvalue weighted by Crippen LogP contribution is -2.82. The maximum Gasteiger partial charge on any atom is 0.337 e. The molecule has 1 saturated heterocycles. The highest BCUT2D eigenvalue weighted by molar-refractivity contribution is 9.09. The van der Waals surface area contributed by atoms with E-state index in [2.05, 4.69) is 99.5 Å². The van der Waals surface area contributed by atoms with Crippen LogP contribution in [-0.4, -0.2) is 125 Å². The van der Waals surface area contributed by atoms with E-state index in [9.17, 15) is 19.5 Å². The Hall–Kier alpha value is -2.08. The van der Waals surface area contributed by atoms with Crippen molar-refractivity contribution in [2.45, 2.75) is 263 Å². The summed E-state index contributed by atoms with van der Waals surface area (Å²) in [5, 5.41) is 19.0. The average Bonchev–Trinajstić information content (AvgIpc) is 3.60. The van der Waals surface area contributed by atoms with Crippen LogP contribution in [0, 0.1) is 16.7 Å². The number of amides is 1. The highest BCUT2D eigenvalue weighted by atomic mass is 79.9. The first kappa shape index (κ1) is 67.7. The van der Waals surface area contributed by atoms with E-state index in [0.29, 0.717) is 59.4 Å². The molecule has 2 N–H and O–H groups in total. The summed E-state index contributed by atoms with van der Waals surface area (Å²) in [6.45, 7) is 31.7. The molecule has 2 saturated carbocycles. The number of carbonyl (C=O) groups excluding carboxylic acids is 5. The van der Waals surface area contributed by atoms with Gasteiger partial charge in [0.25, 0.3) is 0 Å². The van der Waals surface area contributed by atoms with Crippen LogP contribution >= 0.6 is 31.9 Å². The summed E-state index contributed by atoms with van der Waals surface area (Å²) in [4.78, 5) is 75.6. The van der Waals surface area contributed by atoms with Gasteiger partial charge < -0.3 is 42.6 Å². The molecular formula is C60H99Br2NO13Si3. The number of hydrogen-bond acceptors (Lipinski definition) is 13. The first-order valence-electron chi connectivity index (χ1n) is 29.7. The van der Waals surface area contributed by atoms with Gasteiger partial charge in [-0.1, -0.05) is 145 Å². The number of esters is 3. The van der Waals surface area contributed by atoms with Crippen molar-refractivity contribution in [1.82, 2.24) is 5.32 Å². The van der Waals surface area contributed by atoms with Crippen molar-refractivity contribution in [3.8, 4) is 0 Å². The number of nitrogens with one attached hydrogen (secondary N) is 1. The summed E-state index contributed by atoms with van der Waals surface area (Å²) in [5.41, 5.74) is -5.13. The Morgan fingerprint density at radius 2 is 1.38 bits per heavy atom. The molecule has 79 heavy (non-hydrogen) atoms. The summed E-state index contributed by atoms with van der Waals surface area (Å²) in [6, 6.07) is 12.7. The Morgan fingerprint density at radius 1 is 0.823 bits per heavy atom. The fourth-order valence-corrected chi connectivity index (χ4v) is 20.8. The summed E-state index contributed by atoms with van der Waals surface area (Å²) in [6.07, 6.45) is -3.32. The molecule has 14 nitrogen and oxygen atoms in total. The predicted molar refractivity (Wildman–Crippen MR) is 325 cm³/mol. The van der Waals surface area contributed by atoms with Gasteiger partial charge in [-0.15, -0.1) is 0 Å². The molecule has 11 atom stereocenters. The number of ether oxygens (including phenoxy) is 4. The normalized spacial score (nSPS) is 28.7. The fourth-order valence-electron chi connectivity index (χ4n) is 13.1. The van der Waals surface area contributed by atoms with Gasteiger partial charge in [-0.2, -0.15) is 0 Å². The molecular weight excluding hydrogens is 1190 g/mol. The predicted octanol–water partition coefficient (Wildman–Crippen LogP) is 13.1. The summed E-state index contributed by atoms with van der Waals surface area (Å²) in [5.74, 6) is -3.77. The van der Waals surface area contributed by atoms with Gasteiger partial charge in [0.2, 0.25) is 5.91 Å². The second-order valence-corrected chi connectivity index (χ2v) is 41.2. The molecule has 3 aliphatic carbocycles. The lowest BCUT2D eigenvalue weighted by molar-refractivity contribution is -0.346. The van der Waals surface area contributed by atoms with Crippen molar-refractivity contribution in [2.75, 3.05) is 17.3 Å². The van der Waals surface area contributed by atoms with Crippen LogP contribution in [0.25, 0.3) is 0 Å². The second-order valence-electron chi connectivity index (χ2n) is 25.4. The molecule has 2 bridgehead atoms. The Kier molecular flexibility index (Phi) is 23.4. The van der Waals surface area contributed by atoms with E-state index < -0.39 is 113 Å². The van der Waals surface area contributed by atoms with E-state index in [1.165, 1.54) is 6.92 Å². The minimum absolute atomic E-state index is 0.00695. The number of Topliss-reactive ketones (excluding diaryl/α,β-unsaturated/α-hetero) is 1. The quantitative estimate of drug-likeness (QED) is 0.0202. The van der Waals surface area contributed by atoms with Gasteiger partial charge in [-0.05, 0) is 111 Å². The number of carbonyl (C=O) groups is 5. The van der Waals surface area contributed by atoms with E-state index in [4.69, 9.17) is 32.2 Å². The maximum absolute atomic E-state index is 17.2. The number of fused-ring (bicyclic) bond motifs is 5. The Morgan fingerprint density at radius 3 is 1.90 bits per heavy atom. The van der Waals surface area contributed by atoms with Crippen molar-refractivity contribution >= 4 is 86.4 Å². The molecule has 0 aromatic heterocycles. The van der Waals surface area contributed by atoms with Crippen molar-refractivity contribution < 1.29 is 61.3 Å². The van der Waals surface area contributed by atoms with Crippen LogP contribution in [0.2, 0.25) is 54.4 Å². The van der Waals surface area contributed by atoms with E-state index in [1.54, 1.807) is 0 Å². The molecule has 1 aliphatic heterocycles. The molecule has 3 fully saturated rings. The Balaban J connectivity index is 1.89. The number of ketones is 1. The van der Waals surface area contributed by atoms with E-state index >= 15 is 9.59 Å². The van der Waals surface area contributed by atoms with Crippen molar-refractivity contribution in [3.05, 3.63) is 47.0 Å². The van der Waals surface area contributed by atoms with Crippen molar-refractivity contribution in [2.24, 2.45) is 16.7 Å². The van der Waals surface area contributed by atoms with Gasteiger partial charge >= 0.3 is 17.9 Å². The van der Waals surface area contributed by atoms with Crippen LogP contribution in [0.4, 0.5) is 0 Å². The highest BCUT2D eigenvalue weighted by Crippen LogP contribution is 2.65. The minimum atomic E-state index is -2.87. The molecule has 0 unspecified atom stereocenters. The van der Waals surface area contributed by atoms with Gasteiger partial charge in [0.05, 0.1) is 30.1 Å². The molecule has 1 heterocycles. The molecule has 5 rings (SSSR count). The van der Waals surface area contributed by atoms with Crippen LogP contribution in [-0.2, 0) is 56.2 Å². The molecule has 0 spiro atoms. The Bertz CT molecular complexity index is 2290. The van der Waals surface area contributed by atoms with Gasteiger partial charge in [0.1, 0.15) is 30.0 Å². The van der Waals surface area contributed by atoms with Crippen LogP contribution in [0.3, 0.4) is 0 Å². The number of hydrogen-bond donors (Lipinski definition) is 2. The average molecular weight is 1290 g/mol. The number of rotatable bonds is 28. The molecule has 4 aliphatic rings. The van der Waals surface area contributed by atoms with E-state index in [1.807, 2.05) is 71.1 Å². The van der Waals surface area contributed by atoms with Gasteiger partial charge in [0, 0.05) is 48.7 Å². The van der Waals surface area contributed by atoms with E-state index in [0.717, 1.165) is 36.3 Å². The third kappa shape index (κ3) is 13.7. The molecule has 0 radical (unpaired) electrons. The molecule has 1 amide bonds. The first-order chi connectivity index (χ1) is 37.0. The lowest BCUT2D eigenvalue weighted by atomic mass is 9.44. The lowest BCUT2D eigenvalue weighted by Gasteiger charge is -2.68. The number of benzene rings is 1. The summed E-state index contributed by atoms with van der Waals surface area (Å²) >= 11 is 7.00. The van der Waals surface area contributed by atoms with Crippen LogP contribution in [0.5, 0.6) is 0 Å². The molecule has 448 valence electrons. The zero-order chi connectivity index (χ0) is 59.2. The van der Waals surface area contributed by atoms with Gasteiger partial charge in [-0.3, -0.25) is 19.2 Å². The summed E-state index contributed by atoms with van der Waals surface area (Å²) < 4.78 is 49.3. The number of alkyl halides is 2. The van der Waals surface area contributed by atoms with Crippen molar-refractivity contribution in [3.63, 3.8) is 0 Å². The third-order valence-corrected chi connectivity index (χ3v) is 34.6. The smallest absolute Gasteiger partial charge is 0.337 e. The maximum atomic E-state index is 17.2. The standard InChI is InChI=1S/C60H99Br2NO13Si3/c1-17-78(18-2,19-3)74-44-37-45-59(39-70-45,73-41(8)64)52-54(72-47(66)34-28-30-36-62)60(69)38-43(40(7)48(57(60,12)13)50(53(67)58(44,52)14)76-79(20-4,21-5)22-6)71-55(68)51(75-77(15,16)56(9,10)11)49(42-31-25-23-26-32-42)63-46(65)33-27-24-29-35-61/h23,25-26,31-32,43-45,49-52,54,69H,17-22,24,27-30,33-39H2,1-16H3,(H,63,65)/t43-,44-,45+,49-,50+,51+,52-,54-,58+,59-,60+/m0/s1. The van der Waals surface area contributed by atoms with Crippen LogP contribution in [0.1, 0.15) is 166 Å². The number of unbranched alkanes of at least 4 members (excludes halogenated alkanes) is 3. The molecule has 1 aromatic carbocycles. The fraction of sp³-hybridized carbons (Fsp3) is 0.783. The minimum Gasteiger partial charge on any atom is -0.459 e. The van der Waals surface area contributed by atoms with E-state index in [-0.39, 0.29) is 49.0 Å². The van der Waals surface area contributed by atoms with Crippen molar-refractivity contribution in [1.29, 1.82) is 0 Å². The number of aliphatic hydroxyl groups is 1. The SMILES string of the molecule is CC[Si](CC)(CC)O[C@H]1C(=O)[C@]2(C)[C@@H](O[Si](CC)(CC)CC)C[C@H]3OC[C@@]3(OC(C)=O)[C@H]2[C@H](OC(=O)CCCCBr)[C@]2(O)C[C@H](OC(=O)[C@H](O[Si](C)(C)C(C)(C)C)[C@@H](NC(=O)CCCCCBr)c3ccccc3)C(C)=C1C2(C)C. The largest absolute Gasteiger partial charge is 0.459 e. The van der Waals surface area contributed by atoms with Crippen LogP contribution in [0.15, 0.2) is 41.5 Å². The zero-order valence-corrected chi connectivity index (χ0v) is 57.0. The van der Waals surface area contributed by atoms with Gasteiger partial charge in [-0.25, -0.2) is 4.79 Å². The zero-order valence-electron chi connectivity index (χ0n) is 50.8. The topological polar surface area (TPSA) is 182 Å². The monoisotopic (exact) mass is 1280 g/mol. The first-order valence-corrected chi connectivity index (χ1v) is 39.9.